The molecule has 6 heteroatoms. The molecule has 2 amide bonds. The quantitative estimate of drug-likeness (QED) is 0.770. The zero-order valence-electron chi connectivity index (χ0n) is 15.2. The largest absolute Gasteiger partial charge is 0.478 e. The van der Waals surface area contributed by atoms with E-state index in [1.807, 2.05) is 24.3 Å². The molecule has 0 atom stereocenters. The lowest BCUT2D eigenvalue weighted by Crippen LogP contribution is -2.30. The van der Waals surface area contributed by atoms with Crippen molar-refractivity contribution >= 4 is 23.5 Å². The number of para-hydroxylation sites is 1. The minimum atomic E-state index is -1.07. The minimum Gasteiger partial charge on any atom is -0.478 e. The number of aryl methyl sites for hydroxylation is 1. The van der Waals surface area contributed by atoms with Crippen LogP contribution in [0.1, 0.15) is 44.7 Å². The van der Waals surface area contributed by atoms with Crippen molar-refractivity contribution in [3.63, 3.8) is 0 Å². The highest BCUT2D eigenvalue weighted by molar-refractivity contribution is 5.98. The Hall–Kier alpha value is -3.15. The fraction of sp³-hybridized carbons (Fsp3) is 0.286. The Balaban J connectivity index is 1.50. The summed E-state index contributed by atoms with van der Waals surface area (Å²) in [6.45, 7) is 2.80. The molecule has 0 spiro atoms. The number of hydrogen-bond donors (Lipinski definition) is 2. The summed E-state index contributed by atoms with van der Waals surface area (Å²) < 4.78 is 0. The zero-order chi connectivity index (χ0) is 19.4. The van der Waals surface area contributed by atoms with Gasteiger partial charge in [0, 0.05) is 30.8 Å². The minimum absolute atomic E-state index is 0.0536. The molecule has 0 saturated carbocycles. The van der Waals surface area contributed by atoms with Gasteiger partial charge in [-0.05, 0) is 55.2 Å². The van der Waals surface area contributed by atoms with Gasteiger partial charge in [-0.3, -0.25) is 9.59 Å². The molecule has 2 aromatic carbocycles. The van der Waals surface area contributed by atoms with Crippen molar-refractivity contribution in [2.45, 2.75) is 26.2 Å². The van der Waals surface area contributed by atoms with E-state index in [1.165, 1.54) is 17.7 Å². The number of fused-ring (bicyclic) bond motifs is 1. The predicted octanol–water partition coefficient (Wildman–Crippen LogP) is 2.79. The molecule has 0 saturated heterocycles. The maximum Gasteiger partial charge on any atom is 0.335 e. The molecule has 0 aromatic heterocycles. The number of amides is 2. The molecule has 2 N–H and O–H groups in total. The van der Waals surface area contributed by atoms with Gasteiger partial charge in [-0.15, -0.1) is 0 Å². The van der Waals surface area contributed by atoms with Crippen LogP contribution in [-0.2, 0) is 11.2 Å². The van der Waals surface area contributed by atoms with Crippen molar-refractivity contribution in [2.75, 3.05) is 18.0 Å². The molecule has 0 aliphatic carbocycles. The summed E-state index contributed by atoms with van der Waals surface area (Å²) in [5.41, 5.74) is 3.28. The SMILES string of the molecule is Cc1cc(C(=O)O)cc(C(=O)NCCCC(=O)N2CCc3ccccc32)c1. The second kappa shape index (κ2) is 8.03. The van der Waals surface area contributed by atoms with E-state index in [2.05, 4.69) is 5.32 Å². The van der Waals surface area contributed by atoms with Gasteiger partial charge >= 0.3 is 5.97 Å². The molecule has 3 rings (SSSR count). The molecule has 0 bridgehead atoms. The van der Waals surface area contributed by atoms with Crippen molar-refractivity contribution < 1.29 is 19.5 Å². The summed E-state index contributed by atoms with van der Waals surface area (Å²) in [5, 5.41) is 11.8. The molecule has 6 nitrogen and oxygen atoms in total. The number of aromatic carboxylic acids is 1. The Bertz CT molecular complexity index is 892. The number of carboxylic acid groups (broad SMARTS) is 1. The predicted molar refractivity (Wildman–Crippen MR) is 102 cm³/mol. The van der Waals surface area contributed by atoms with Crippen LogP contribution in [0.15, 0.2) is 42.5 Å². The van der Waals surface area contributed by atoms with E-state index < -0.39 is 5.97 Å². The lowest BCUT2D eigenvalue weighted by atomic mass is 10.1. The van der Waals surface area contributed by atoms with Crippen LogP contribution in [0.3, 0.4) is 0 Å². The van der Waals surface area contributed by atoms with Crippen LogP contribution in [0.2, 0.25) is 0 Å². The van der Waals surface area contributed by atoms with Gasteiger partial charge in [0.25, 0.3) is 5.91 Å². The van der Waals surface area contributed by atoms with Crippen LogP contribution in [0.25, 0.3) is 0 Å². The molecule has 140 valence electrons. The van der Waals surface area contributed by atoms with Crippen LogP contribution < -0.4 is 10.2 Å². The van der Waals surface area contributed by atoms with Gasteiger partial charge in [-0.2, -0.15) is 0 Å². The van der Waals surface area contributed by atoms with Crippen molar-refractivity contribution in [2.24, 2.45) is 0 Å². The number of hydrogen-bond acceptors (Lipinski definition) is 3. The Labute approximate surface area is 157 Å². The normalized spacial score (nSPS) is 12.6. The molecule has 0 radical (unpaired) electrons. The fourth-order valence-electron chi connectivity index (χ4n) is 3.31. The smallest absolute Gasteiger partial charge is 0.335 e. The van der Waals surface area contributed by atoms with Crippen LogP contribution in [-0.4, -0.2) is 36.0 Å². The Morgan fingerprint density at radius 1 is 1.11 bits per heavy atom. The highest BCUT2D eigenvalue weighted by Crippen LogP contribution is 2.27. The van der Waals surface area contributed by atoms with E-state index in [4.69, 9.17) is 5.11 Å². The number of nitrogens with zero attached hydrogens (tertiary/aromatic N) is 1. The second-order valence-corrected chi connectivity index (χ2v) is 6.68. The first-order chi connectivity index (χ1) is 13.0. The molecular weight excluding hydrogens is 344 g/mol. The van der Waals surface area contributed by atoms with Crippen LogP contribution in [0.4, 0.5) is 5.69 Å². The Morgan fingerprint density at radius 2 is 1.85 bits per heavy atom. The van der Waals surface area contributed by atoms with Gasteiger partial charge in [0.1, 0.15) is 0 Å². The molecule has 27 heavy (non-hydrogen) atoms. The lowest BCUT2D eigenvalue weighted by Gasteiger charge is -2.17. The lowest BCUT2D eigenvalue weighted by molar-refractivity contribution is -0.118. The monoisotopic (exact) mass is 366 g/mol. The molecule has 0 unspecified atom stereocenters. The van der Waals surface area contributed by atoms with E-state index in [9.17, 15) is 14.4 Å². The maximum atomic E-state index is 12.4. The van der Waals surface area contributed by atoms with Gasteiger partial charge in [-0.25, -0.2) is 4.79 Å². The zero-order valence-corrected chi connectivity index (χ0v) is 15.2. The molecule has 1 aliphatic rings. The van der Waals surface area contributed by atoms with Crippen LogP contribution in [0, 0.1) is 6.92 Å². The fourth-order valence-corrected chi connectivity index (χ4v) is 3.31. The number of nitrogens with one attached hydrogen (secondary N) is 1. The van der Waals surface area contributed by atoms with Crippen LogP contribution in [0.5, 0.6) is 0 Å². The van der Waals surface area contributed by atoms with Gasteiger partial charge < -0.3 is 15.3 Å². The number of carboxylic acids is 1. The number of rotatable bonds is 6. The number of anilines is 1. The maximum absolute atomic E-state index is 12.4. The van der Waals surface area contributed by atoms with Gasteiger partial charge in [0.05, 0.1) is 5.56 Å². The molecule has 1 aliphatic heterocycles. The highest BCUT2D eigenvalue weighted by Gasteiger charge is 2.23. The van der Waals surface area contributed by atoms with Gasteiger partial charge in [-0.1, -0.05) is 18.2 Å². The van der Waals surface area contributed by atoms with E-state index in [0.29, 0.717) is 37.1 Å². The summed E-state index contributed by atoms with van der Waals surface area (Å²) in [7, 11) is 0. The van der Waals surface area contributed by atoms with Crippen molar-refractivity contribution in [3.05, 3.63) is 64.7 Å². The van der Waals surface area contributed by atoms with Crippen molar-refractivity contribution in [3.8, 4) is 0 Å². The molecule has 1 heterocycles. The van der Waals surface area contributed by atoms with E-state index in [1.54, 1.807) is 17.9 Å². The molecule has 2 aromatic rings. The van der Waals surface area contributed by atoms with E-state index >= 15 is 0 Å². The summed E-state index contributed by atoms with van der Waals surface area (Å²) in [6, 6.07) is 12.4. The van der Waals surface area contributed by atoms with Crippen molar-refractivity contribution in [1.82, 2.24) is 5.32 Å². The number of benzene rings is 2. The highest BCUT2D eigenvalue weighted by atomic mass is 16.4. The standard InChI is InChI=1S/C21H22N2O4/c1-14-11-16(13-17(12-14)21(26)27)20(25)22-9-4-7-19(24)23-10-8-15-5-2-3-6-18(15)23/h2-3,5-6,11-13H,4,7-10H2,1H3,(H,22,25)(H,26,27). The summed E-state index contributed by atoms with van der Waals surface area (Å²) in [4.78, 5) is 37.6. The van der Waals surface area contributed by atoms with Crippen LogP contribution >= 0.6 is 0 Å². The van der Waals surface area contributed by atoms with Gasteiger partial charge in [0.2, 0.25) is 5.91 Å². The molecular formula is C21H22N2O4. The summed E-state index contributed by atoms with van der Waals surface area (Å²) in [5.74, 6) is -1.35. The topological polar surface area (TPSA) is 86.7 Å². The first kappa shape index (κ1) is 18.6. The third-order valence-electron chi connectivity index (χ3n) is 4.63. The average molecular weight is 366 g/mol. The average Bonchev–Trinajstić information content (AvgIpc) is 3.08. The summed E-state index contributed by atoms with van der Waals surface area (Å²) >= 11 is 0. The third-order valence-corrected chi connectivity index (χ3v) is 4.63. The third kappa shape index (κ3) is 4.34. The van der Waals surface area contributed by atoms with E-state index in [-0.39, 0.29) is 17.4 Å². The number of carbonyl (C=O) groups is 3. The summed E-state index contributed by atoms with van der Waals surface area (Å²) in [6.07, 6.45) is 1.75. The Kier molecular flexibility index (Phi) is 5.54. The van der Waals surface area contributed by atoms with Gasteiger partial charge in [0.15, 0.2) is 0 Å². The first-order valence-corrected chi connectivity index (χ1v) is 8.97. The van der Waals surface area contributed by atoms with Crippen molar-refractivity contribution in [1.29, 1.82) is 0 Å². The Morgan fingerprint density at radius 3 is 2.63 bits per heavy atom. The first-order valence-electron chi connectivity index (χ1n) is 8.97. The number of carbonyl (C=O) groups excluding carboxylic acids is 2. The van der Waals surface area contributed by atoms with E-state index in [0.717, 1.165) is 12.1 Å². The second-order valence-electron chi connectivity index (χ2n) is 6.68. The molecule has 0 fully saturated rings.